The number of fused-ring (bicyclic) bond motifs is 1. The van der Waals surface area contributed by atoms with Gasteiger partial charge in [0.2, 0.25) is 5.88 Å². The largest absolute Gasteiger partial charge is 0.414 e. The van der Waals surface area contributed by atoms with Crippen LogP contribution in [0.3, 0.4) is 0 Å². The smallest absolute Gasteiger partial charge is 0.391 e. The van der Waals surface area contributed by atoms with Crippen molar-refractivity contribution in [1.29, 1.82) is 5.26 Å². The zero-order chi connectivity index (χ0) is 17.8. The minimum Gasteiger partial charge on any atom is -0.391 e. The molecule has 0 saturated heterocycles. The number of hydrogen-bond acceptors (Lipinski definition) is 5. The van der Waals surface area contributed by atoms with E-state index in [0.29, 0.717) is 11.2 Å². The molecule has 1 aromatic carbocycles. The first kappa shape index (κ1) is 16.7. The van der Waals surface area contributed by atoms with Crippen LogP contribution in [0, 0.1) is 11.3 Å². The van der Waals surface area contributed by atoms with Crippen LogP contribution in [0.2, 0.25) is 5.15 Å². The molecule has 1 N–H and O–H groups in total. The van der Waals surface area contributed by atoms with E-state index in [4.69, 9.17) is 21.6 Å². The van der Waals surface area contributed by atoms with Crippen molar-refractivity contribution < 1.29 is 9.53 Å². The Morgan fingerprint density at radius 1 is 1.44 bits per heavy atom. The van der Waals surface area contributed by atoms with Gasteiger partial charge in [-0.15, -0.1) is 0 Å². The summed E-state index contributed by atoms with van der Waals surface area (Å²) in [6, 6.07) is 10.4. The van der Waals surface area contributed by atoms with Crippen molar-refractivity contribution in [2.24, 2.45) is 0 Å². The van der Waals surface area contributed by atoms with Crippen LogP contribution in [0.25, 0.3) is 5.65 Å². The fraction of sp³-hybridized carbons (Fsp3) is 0.176. The van der Waals surface area contributed by atoms with Gasteiger partial charge in [0.05, 0.1) is 17.8 Å². The molecule has 0 aliphatic carbocycles. The van der Waals surface area contributed by atoms with Gasteiger partial charge < -0.3 is 10.1 Å². The van der Waals surface area contributed by atoms with Crippen LogP contribution < -0.4 is 10.1 Å². The Kier molecular flexibility index (Phi) is 4.82. The molecule has 3 rings (SSSR count). The minimum absolute atomic E-state index is 0.179. The molecule has 0 aliphatic rings. The van der Waals surface area contributed by atoms with Gasteiger partial charge in [-0.2, -0.15) is 14.9 Å². The van der Waals surface area contributed by atoms with Crippen molar-refractivity contribution in [2.75, 3.05) is 0 Å². The summed E-state index contributed by atoms with van der Waals surface area (Å²) >= 11 is 6.00. The predicted molar refractivity (Wildman–Crippen MR) is 91.4 cm³/mol. The Bertz CT molecular complexity index is 977. The highest BCUT2D eigenvalue weighted by Gasteiger charge is 2.14. The van der Waals surface area contributed by atoms with Crippen molar-refractivity contribution in [3.8, 4) is 11.9 Å². The van der Waals surface area contributed by atoms with Gasteiger partial charge in [0.1, 0.15) is 5.15 Å². The van der Waals surface area contributed by atoms with Crippen molar-refractivity contribution in [3.05, 3.63) is 58.4 Å². The molecule has 25 heavy (non-hydrogen) atoms. The lowest BCUT2D eigenvalue weighted by Gasteiger charge is -2.08. The van der Waals surface area contributed by atoms with Crippen molar-refractivity contribution in [2.45, 2.75) is 19.9 Å². The summed E-state index contributed by atoms with van der Waals surface area (Å²) in [5, 5.41) is 15.9. The van der Waals surface area contributed by atoms with E-state index >= 15 is 0 Å². The second kappa shape index (κ2) is 7.20. The lowest BCUT2D eigenvalue weighted by molar-refractivity contribution is 0.197. The molecule has 0 unspecified atom stereocenters. The fourth-order valence-corrected chi connectivity index (χ4v) is 2.50. The molecule has 0 bridgehead atoms. The highest BCUT2D eigenvalue weighted by Crippen LogP contribution is 2.21. The van der Waals surface area contributed by atoms with Gasteiger partial charge in [0.25, 0.3) is 0 Å². The van der Waals surface area contributed by atoms with E-state index in [1.54, 1.807) is 24.4 Å². The van der Waals surface area contributed by atoms with Gasteiger partial charge in [-0.1, -0.05) is 30.7 Å². The molecule has 7 nitrogen and oxygen atoms in total. The molecule has 0 aliphatic heterocycles. The van der Waals surface area contributed by atoms with Crippen LogP contribution in [0.4, 0.5) is 4.79 Å². The number of hydrogen-bond donors (Lipinski definition) is 1. The average Bonchev–Trinajstić information content (AvgIpc) is 3.03. The van der Waals surface area contributed by atoms with Gasteiger partial charge in [0.15, 0.2) is 5.65 Å². The van der Waals surface area contributed by atoms with Crippen molar-refractivity contribution >= 4 is 23.3 Å². The molecule has 2 aromatic heterocycles. The van der Waals surface area contributed by atoms with Crippen LogP contribution in [0.15, 0.2) is 36.5 Å². The van der Waals surface area contributed by atoms with E-state index in [0.717, 1.165) is 17.5 Å². The molecule has 0 spiro atoms. The molecular formula is C17H14ClN5O2. The topological polar surface area (TPSA) is 92.3 Å². The quantitative estimate of drug-likeness (QED) is 0.726. The second-order valence-corrected chi connectivity index (χ2v) is 5.62. The Balaban J connectivity index is 1.74. The number of halogens is 1. The molecule has 2 heterocycles. The van der Waals surface area contributed by atoms with Crippen LogP contribution >= 0.6 is 11.6 Å². The standard InChI is InChI=1S/C17H14ClN5O2/c1-2-13-10-21-23-15(7-14(18)22-16(13)23)25-17(24)20-9-12-5-3-4-11(6-12)8-19/h3-7,10H,2,9H2,1H3,(H,20,24). The SMILES string of the molecule is CCc1cnn2c(OC(=O)NCc3cccc(C#N)c3)cc(Cl)nc12. The summed E-state index contributed by atoms with van der Waals surface area (Å²) in [6.45, 7) is 2.21. The maximum atomic E-state index is 12.1. The maximum absolute atomic E-state index is 12.1. The minimum atomic E-state index is -0.653. The van der Waals surface area contributed by atoms with E-state index in [-0.39, 0.29) is 17.6 Å². The number of rotatable bonds is 4. The first-order chi connectivity index (χ1) is 12.1. The second-order valence-electron chi connectivity index (χ2n) is 5.23. The van der Waals surface area contributed by atoms with E-state index in [2.05, 4.69) is 21.5 Å². The molecule has 126 valence electrons. The summed E-state index contributed by atoms with van der Waals surface area (Å²) in [5.41, 5.74) is 2.78. The molecule has 1 amide bonds. The van der Waals surface area contributed by atoms with Crippen LogP contribution in [0.1, 0.15) is 23.6 Å². The summed E-state index contributed by atoms with van der Waals surface area (Å²) in [5.74, 6) is 0.179. The monoisotopic (exact) mass is 355 g/mol. The zero-order valence-corrected chi connectivity index (χ0v) is 14.1. The summed E-state index contributed by atoms with van der Waals surface area (Å²) < 4.78 is 6.74. The third kappa shape index (κ3) is 3.70. The number of amides is 1. The summed E-state index contributed by atoms with van der Waals surface area (Å²) in [7, 11) is 0. The molecule has 0 fully saturated rings. The number of nitriles is 1. The number of carbonyl (C=O) groups is 1. The van der Waals surface area contributed by atoms with Crippen molar-refractivity contribution in [3.63, 3.8) is 0 Å². The highest BCUT2D eigenvalue weighted by atomic mass is 35.5. The first-order valence-electron chi connectivity index (χ1n) is 7.58. The van der Waals surface area contributed by atoms with Crippen LogP contribution in [-0.4, -0.2) is 20.7 Å². The predicted octanol–water partition coefficient (Wildman–Crippen LogP) is 3.11. The summed E-state index contributed by atoms with van der Waals surface area (Å²) in [6.07, 6.45) is 1.74. The van der Waals surface area contributed by atoms with E-state index in [1.165, 1.54) is 10.6 Å². The van der Waals surface area contributed by atoms with Gasteiger partial charge >= 0.3 is 6.09 Å². The lowest BCUT2D eigenvalue weighted by atomic mass is 10.1. The van der Waals surface area contributed by atoms with E-state index in [9.17, 15) is 4.79 Å². The number of aromatic nitrogens is 3. The number of carbonyl (C=O) groups excluding carboxylic acids is 1. The molecular weight excluding hydrogens is 342 g/mol. The Labute approximate surface area is 148 Å². The number of nitrogens with zero attached hydrogens (tertiary/aromatic N) is 4. The summed E-state index contributed by atoms with van der Waals surface area (Å²) in [4.78, 5) is 16.3. The highest BCUT2D eigenvalue weighted by molar-refractivity contribution is 6.29. The van der Waals surface area contributed by atoms with Gasteiger partial charge in [-0.05, 0) is 24.1 Å². The first-order valence-corrected chi connectivity index (χ1v) is 7.96. The fourth-order valence-electron chi connectivity index (χ4n) is 2.33. The third-order valence-corrected chi connectivity index (χ3v) is 3.75. The molecule has 8 heteroatoms. The number of aryl methyl sites for hydroxylation is 1. The molecule has 0 atom stereocenters. The van der Waals surface area contributed by atoms with Gasteiger partial charge in [-0.25, -0.2) is 9.78 Å². The Morgan fingerprint density at radius 2 is 2.28 bits per heavy atom. The van der Waals surface area contributed by atoms with Crippen molar-refractivity contribution in [1.82, 2.24) is 19.9 Å². The number of ether oxygens (including phenoxy) is 1. The maximum Gasteiger partial charge on any atom is 0.414 e. The third-order valence-electron chi connectivity index (χ3n) is 3.55. The Hall–Kier alpha value is -3.11. The molecule has 0 radical (unpaired) electrons. The normalized spacial score (nSPS) is 10.4. The van der Waals surface area contributed by atoms with Crippen LogP contribution in [0.5, 0.6) is 5.88 Å². The molecule has 3 aromatic rings. The van der Waals surface area contributed by atoms with Crippen LogP contribution in [-0.2, 0) is 13.0 Å². The van der Waals surface area contributed by atoms with E-state index < -0.39 is 6.09 Å². The van der Waals surface area contributed by atoms with Gasteiger partial charge in [-0.3, -0.25) is 0 Å². The van der Waals surface area contributed by atoms with Gasteiger partial charge in [0, 0.05) is 18.2 Å². The number of benzene rings is 1. The lowest BCUT2D eigenvalue weighted by Crippen LogP contribution is -2.27. The van der Waals surface area contributed by atoms with E-state index in [1.807, 2.05) is 13.0 Å². The number of nitrogens with one attached hydrogen (secondary N) is 1. The zero-order valence-electron chi connectivity index (χ0n) is 13.4. The average molecular weight is 356 g/mol. The molecule has 0 saturated carbocycles. The Morgan fingerprint density at radius 3 is 3.04 bits per heavy atom.